The molecule has 0 N–H and O–H groups in total. The number of carbonyl (C=O) groups is 1. The van der Waals surface area contributed by atoms with Crippen molar-refractivity contribution in [1.29, 1.82) is 0 Å². The zero-order valence-electron chi connectivity index (χ0n) is 15.2. The number of hydrogen-bond donors (Lipinski definition) is 0. The first-order valence-electron chi connectivity index (χ1n) is 9.04. The Hall–Kier alpha value is -3.73. The number of carbonyl (C=O) groups excluding carboxylic acids is 1. The molecule has 0 fully saturated rings. The molecule has 2 aromatic heterocycles. The first kappa shape index (κ1) is 17.7. The van der Waals surface area contributed by atoms with Crippen LogP contribution in [0.2, 0.25) is 0 Å². The van der Waals surface area contributed by atoms with Crippen LogP contribution in [-0.4, -0.2) is 20.9 Å². The molecule has 0 radical (unpaired) electrons. The molecule has 0 bridgehead atoms. The van der Waals surface area contributed by atoms with Crippen LogP contribution >= 0.6 is 0 Å². The Balaban J connectivity index is 1.67. The van der Waals surface area contributed by atoms with Crippen LogP contribution in [0.4, 0.5) is 0 Å². The van der Waals surface area contributed by atoms with E-state index in [1.807, 2.05) is 54.6 Å². The van der Waals surface area contributed by atoms with E-state index in [2.05, 4.69) is 28.3 Å². The Morgan fingerprint density at radius 3 is 2.36 bits per heavy atom. The molecule has 0 atom stereocenters. The third-order valence-electron chi connectivity index (χ3n) is 4.48. The van der Waals surface area contributed by atoms with Crippen molar-refractivity contribution < 1.29 is 9.32 Å². The summed E-state index contributed by atoms with van der Waals surface area (Å²) in [4.78, 5) is 19.1. The molecule has 0 unspecified atom stereocenters. The summed E-state index contributed by atoms with van der Waals surface area (Å²) >= 11 is 0. The third kappa shape index (κ3) is 3.99. The summed E-state index contributed by atoms with van der Waals surface area (Å²) in [7, 11) is 0. The van der Waals surface area contributed by atoms with E-state index in [-0.39, 0.29) is 11.7 Å². The van der Waals surface area contributed by atoms with Crippen molar-refractivity contribution in [2.24, 2.45) is 0 Å². The lowest BCUT2D eigenvalue weighted by Gasteiger charge is -2.23. The van der Waals surface area contributed by atoms with Gasteiger partial charge in [0.2, 0.25) is 5.76 Å². The lowest BCUT2D eigenvalue weighted by molar-refractivity contribution is 0.0685. The van der Waals surface area contributed by atoms with Crippen LogP contribution in [0.5, 0.6) is 0 Å². The van der Waals surface area contributed by atoms with E-state index in [0.29, 0.717) is 13.1 Å². The molecule has 4 aromatic rings. The molecule has 0 aliphatic heterocycles. The van der Waals surface area contributed by atoms with E-state index in [9.17, 15) is 4.79 Å². The van der Waals surface area contributed by atoms with Gasteiger partial charge in [0.1, 0.15) is 0 Å². The van der Waals surface area contributed by atoms with Crippen molar-refractivity contribution in [1.82, 2.24) is 15.0 Å². The number of rotatable bonds is 6. The highest BCUT2D eigenvalue weighted by Crippen LogP contribution is 2.25. The molecule has 0 aliphatic carbocycles. The Bertz CT molecular complexity index is 1030. The van der Waals surface area contributed by atoms with Crippen LogP contribution in [0, 0.1) is 0 Å². The van der Waals surface area contributed by atoms with Crippen LogP contribution in [0.15, 0.2) is 95.8 Å². The summed E-state index contributed by atoms with van der Waals surface area (Å²) in [5, 5.41) is 3.67. The van der Waals surface area contributed by atoms with Gasteiger partial charge in [-0.15, -0.1) is 0 Å². The largest absolute Gasteiger partial charge is 0.351 e. The number of nitrogens with zero attached hydrogens (tertiary/aromatic N) is 3. The highest BCUT2D eigenvalue weighted by Gasteiger charge is 2.21. The number of pyridine rings is 1. The van der Waals surface area contributed by atoms with Crippen molar-refractivity contribution in [3.8, 4) is 11.1 Å². The lowest BCUT2D eigenvalue weighted by Crippen LogP contribution is -2.30. The van der Waals surface area contributed by atoms with E-state index in [1.165, 1.54) is 6.20 Å². The number of hydrogen-bond acceptors (Lipinski definition) is 4. The van der Waals surface area contributed by atoms with Crippen LogP contribution in [0.3, 0.4) is 0 Å². The second-order valence-corrected chi connectivity index (χ2v) is 6.38. The molecule has 1 amide bonds. The Morgan fingerprint density at radius 2 is 1.61 bits per heavy atom. The van der Waals surface area contributed by atoms with Gasteiger partial charge in [-0.25, -0.2) is 0 Å². The molecule has 2 heterocycles. The Labute approximate surface area is 163 Å². The molecule has 138 valence electrons. The lowest BCUT2D eigenvalue weighted by atomic mass is 9.99. The molecule has 0 spiro atoms. The minimum absolute atomic E-state index is 0.216. The maximum absolute atomic E-state index is 13.0. The van der Waals surface area contributed by atoms with E-state index in [4.69, 9.17) is 4.52 Å². The van der Waals surface area contributed by atoms with E-state index in [0.717, 1.165) is 22.4 Å². The second kappa shape index (κ2) is 8.31. The van der Waals surface area contributed by atoms with Gasteiger partial charge in [-0.2, -0.15) is 0 Å². The number of amides is 1. The van der Waals surface area contributed by atoms with Gasteiger partial charge >= 0.3 is 0 Å². The molecule has 2 aromatic carbocycles. The standard InChI is InChI=1S/C23H19N3O2/c27-23(22-13-15-25-28-22)26(17-20-11-6-7-14-24-20)16-19-10-4-5-12-21(19)18-8-2-1-3-9-18/h1-15H,16-17H2. The SMILES string of the molecule is O=C(c1ccno1)N(Cc1ccccn1)Cc1ccccc1-c1ccccc1. The first-order chi connectivity index (χ1) is 13.8. The fourth-order valence-corrected chi connectivity index (χ4v) is 3.13. The molecule has 4 rings (SSSR count). The number of aromatic nitrogens is 2. The van der Waals surface area contributed by atoms with E-state index >= 15 is 0 Å². The van der Waals surface area contributed by atoms with Crippen LogP contribution in [0.1, 0.15) is 21.8 Å². The van der Waals surface area contributed by atoms with Crippen LogP contribution < -0.4 is 0 Å². The van der Waals surface area contributed by atoms with Gasteiger partial charge in [0, 0.05) is 18.8 Å². The van der Waals surface area contributed by atoms with E-state index in [1.54, 1.807) is 17.2 Å². The van der Waals surface area contributed by atoms with Crippen molar-refractivity contribution in [2.45, 2.75) is 13.1 Å². The fraction of sp³-hybridized carbons (Fsp3) is 0.0870. The van der Waals surface area contributed by atoms with E-state index < -0.39 is 0 Å². The summed E-state index contributed by atoms with van der Waals surface area (Å²) in [5.74, 6) is -0.000795. The molecular formula is C23H19N3O2. The molecule has 5 heteroatoms. The Morgan fingerprint density at radius 1 is 0.821 bits per heavy atom. The molecule has 5 nitrogen and oxygen atoms in total. The summed E-state index contributed by atoms with van der Waals surface area (Å²) in [5.41, 5.74) is 4.08. The van der Waals surface area contributed by atoms with Crippen LogP contribution in [-0.2, 0) is 13.1 Å². The Kier molecular flexibility index (Phi) is 5.24. The molecule has 28 heavy (non-hydrogen) atoms. The summed E-state index contributed by atoms with van der Waals surface area (Å²) in [6.07, 6.45) is 3.20. The fourth-order valence-electron chi connectivity index (χ4n) is 3.13. The zero-order chi connectivity index (χ0) is 19.2. The smallest absolute Gasteiger partial charge is 0.293 e. The van der Waals surface area contributed by atoms with Gasteiger partial charge in [0.15, 0.2) is 0 Å². The zero-order valence-corrected chi connectivity index (χ0v) is 15.2. The topological polar surface area (TPSA) is 59.2 Å². The molecule has 0 saturated carbocycles. The van der Waals surface area contributed by atoms with Crippen molar-refractivity contribution in [2.75, 3.05) is 0 Å². The third-order valence-corrected chi connectivity index (χ3v) is 4.48. The molecule has 0 saturated heterocycles. The van der Waals surface area contributed by atoms with Gasteiger partial charge in [-0.1, -0.05) is 65.8 Å². The van der Waals surface area contributed by atoms with Gasteiger partial charge in [-0.05, 0) is 28.8 Å². The van der Waals surface area contributed by atoms with Gasteiger partial charge in [0.25, 0.3) is 5.91 Å². The number of benzene rings is 2. The van der Waals surface area contributed by atoms with Gasteiger partial charge < -0.3 is 9.42 Å². The normalized spacial score (nSPS) is 10.6. The summed E-state index contributed by atoms with van der Waals surface area (Å²) in [6.45, 7) is 0.810. The maximum Gasteiger partial charge on any atom is 0.293 e. The maximum atomic E-state index is 13.0. The average molecular weight is 369 g/mol. The molecular weight excluding hydrogens is 350 g/mol. The van der Waals surface area contributed by atoms with Crippen molar-refractivity contribution in [3.05, 3.63) is 108 Å². The average Bonchev–Trinajstić information content (AvgIpc) is 3.29. The second-order valence-electron chi connectivity index (χ2n) is 6.38. The quantitative estimate of drug-likeness (QED) is 0.499. The highest BCUT2D eigenvalue weighted by atomic mass is 16.5. The summed E-state index contributed by atoms with van der Waals surface area (Å²) in [6, 6.07) is 25.5. The summed E-state index contributed by atoms with van der Waals surface area (Å²) < 4.78 is 5.10. The monoisotopic (exact) mass is 369 g/mol. The molecule has 0 aliphatic rings. The predicted molar refractivity (Wildman–Crippen MR) is 106 cm³/mol. The van der Waals surface area contributed by atoms with Gasteiger partial charge in [-0.3, -0.25) is 9.78 Å². The minimum Gasteiger partial charge on any atom is -0.351 e. The first-order valence-corrected chi connectivity index (χ1v) is 9.04. The van der Waals surface area contributed by atoms with Crippen molar-refractivity contribution >= 4 is 5.91 Å². The predicted octanol–water partition coefficient (Wildman–Crippen LogP) is 4.58. The van der Waals surface area contributed by atoms with Gasteiger partial charge in [0.05, 0.1) is 18.4 Å². The highest BCUT2D eigenvalue weighted by molar-refractivity contribution is 5.91. The minimum atomic E-state index is -0.217. The van der Waals surface area contributed by atoms with Crippen LogP contribution in [0.25, 0.3) is 11.1 Å². The van der Waals surface area contributed by atoms with Crippen molar-refractivity contribution in [3.63, 3.8) is 0 Å².